The molecule has 0 unspecified atom stereocenters. The van der Waals surface area contributed by atoms with E-state index in [9.17, 15) is 4.79 Å². The second-order valence-electron chi connectivity index (χ2n) is 1.21. The van der Waals surface area contributed by atoms with Crippen LogP contribution in [0.4, 0.5) is 0 Å². The van der Waals surface area contributed by atoms with Gasteiger partial charge >= 0.3 is 29.0 Å². The maximum Gasteiger partial charge on any atom is 2.00 e. The van der Waals surface area contributed by atoms with Crippen LogP contribution in [0.15, 0.2) is 0 Å². The zero-order chi connectivity index (χ0) is 5.70. The first kappa shape index (κ1) is 11.1. The third kappa shape index (κ3) is 6.20. The SMILES string of the molecule is CCCC(=O)OO.[H-].[H-].[Mg+2]. The molecule has 0 aliphatic carbocycles. The molecular formula is C4H10MgO3. The Hall–Kier alpha value is 0.196. The molecule has 0 aromatic rings. The van der Waals surface area contributed by atoms with Crippen LogP contribution in [0.3, 0.4) is 0 Å². The minimum absolute atomic E-state index is 0. The van der Waals surface area contributed by atoms with E-state index in [1.807, 2.05) is 6.92 Å². The Morgan fingerprint density at radius 1 is 1.88 bits per heavy atom. The summed E-state index contributed by atoms with van der Waals surface area (Å²) in [5.41, 5.74) is 0. The molecule has 0 aliphatic rings. The molecule has 0 rings (SSSR count). The first-order chi connectivity index (χ1) is 3.31. The first-order valence-electron chi connectivity index (χ1n) is 2.15. The summed E-state index contributed by atoms with van der Waals surface area (Å²) < 4.78 is 0. The van der Waals surface area contributed by atoms with E-state index in [0.29, 0.717) is 6.42 Å². The Balaban J connectivity index is -0.0000000600. The van der Waals surface area contributed by atoms with Gasteiger partial charge < -0.3 is 7.74 Å². The predicted octanol–water partition coefficient (Wildman–Crippen LogP) is 0.647. The molecule has 0 radical (unpaired) electrons. The van der Waals surface area contributed by atoms with Gasteiger partial charge in [-0.2, -0.15) is 5.26 Å². The van der Waals surface area contributed by atoms with Gasteiger partial charge in [0, 0.05) is 6.42 Å². The van der Waals surface area contributed by atoms with Crippen LogP contribution in [0.5, 0.6) is 0 Å². The minimum Gasteiger partial charge on any atom is -1.00 e. The van der Waals surface area contributed by atoms with Crippen molar-refractivity contribution < 1.29 is 17.8 Å². The van der Waals surface area contributed by atoms with Gasteiger partial charge in [0.1, 0.15) is 0 Å². The van der Waals surface area contributed by atoms with E-state index in [1.165, 1.54) is 0 Å². The molecule has 0 saturated carbocycles. The van der Waals surface area contributed by atoms with Crippen molar-refractivity contribution in [3.05, 3.63) is 0 Å². The summed E-state index contributed by atoms with van der Waals surface area (Å²) in [5, 5.41) is 7.62. The van der Waals surface area contributed by atoms with Crippen molar-refractivity contribution in [3.8, 4) is 0 Å². The van der Waals surface area contributed by atoms with Crippen LogP contribution in [-0.4, -0.2) is 34.3 Å². The zero-order valence-electron chi connectivity index (χ0n) is 6.89. The average Bonchev–Trinajstić information content (AvgIpc) is 1.68. The molecule has 3 nitrogen and oxygen atoms in total. The van der Waals surface area contributed by atoms with Crippen LogP contribution in [0.2, 0.25) is 0 Å². The Bertz CT molecular complexity index is 71.5. The molecule has 46 valence electrons. The van der Waals surface area contributed by atoms with Crippen molar-refractivity contribution in [2.45, 2.75) is 19.8 Å². The van der Waals surface area contributed by atoms with Crippen LogP contribution in [-0.2, 0) is 9.68 Å². The molecule has 0 amide bonds. The van der Waals surface area contributed by atoms with Crippen molar-refractivity contribution in [1.82, 2.24) is 0 Å². The summed E-state index contributed by atoms with van der Waals surface area (Å²) in [6.07, 6.45) is 0.996. The van der Waals surface area contributed by atoms with Crippen LogP contribution in [0, 0.1) is 0 Å². The van der Waals surface area contributed by atoms with Crippen molar-refractivity contribution in [3.63, 3.8) is 0 Å². The van der Waals surface area contributed by atoms with Crippen LogP contribution < -0.4 is 0 Å². The summed E-state index contributed by atoms with van der Waals surface area (Å²) in [5.74, 6) is -0.567. The molecule has 0 saturated heterocycles. The minimum atomic E-state index is -0.567. The fraction of sp³-hybridized carbons (Fsp3) is 0.750. The molecule has 0 bridgehead atoms. The standard InChI is InChI=1S/C4H8O3.Mg.2H/c1-2-3-4(5)7-6;;;/h6H,2-3H2,1H3;;;/q;+2;2*-1. The summed E-state index contributed by atoms with van der Waals surface area (Å²) in [7, 11) is 0. The maximum atomic E-state index is 9.94. The first-order valence-corrected chi connectivity index (χ1v) is 2.15. The largest absolute Gasteiger partial charge is 2.00 e. The molecule has 1 N–H and O–H groups in total. The van der Waals surface area contributed by atoms with E-state index in [2.05, 4.69) is 4.89 Å². The third-order valence-corrected chi connectivity index (χ3v) is 0.556. The number of carbonyl (C=O) groups excluding carboxylic acids is 1. The maximum absolute atomic E-state index is 9.94. The Morgan fingerprint density at radius 2 is 2.38 bits per heavy atom. The van der Waals surface area contributed by atoms with E-state index >= 15 is 0 Å². The molecule has 0 aromatic carbocycles. The molecule has 0 atom stereocenters. The van der Waals surface area contributed by atoms with Gasteiger partial charge in [-0.25, -0.2) is 4.79 Å². The Morgan fingerprint density at radius 3 is 2.50 bits per heavy atom. The second-order valence-corrected chi connectivity index (χ2v) is 1.21. The predicted molar refractivity (Wildman–Crippen MR) is 31.6 cm³/mol. The van der Waals surface area contributed by atoms with E-state index in [-0.39, 0.29) is 32.3 Å². The summed E-state index contributed by atoms with van der Waals surface area (Å²) in [6, 6.07) is 0. The molecule has 4 heteroatoms. The topological polar surface area (TPSA) is 46.5 Å². The van der Waals surface area contributed by atoms with Gasteiger partial charge in [0.05, 0.1) is 0 Å². The summed E-state index contributed by atoms with van der Waals surface area (Å²) in [4.78, 5) is 13.3. The number of hydrogen-bond acceptors (Lipinski definition) is 3. The molecular weight excluding hydrogens is 120 g/mol. The smallest absolute Gasteiger partial charge is 1.00 e. The van der Waals surface area contributed by atoms with E-state index in [1.54, 1.807) is 0 Å². The fourth-order valence-corrected chi connectivity index (χ4v) is 0.250. The van der Waals surface area contributed by atoms with Gasteiger partial charge in [-0.3, -0.25) is 0 Å². The quantitative estimate of drug-likeness (QED) is 0.339. The van der Waals surface area contributed by atoms with E-state index in [0.717, 1.165) is 0 Å². The molecule has 0 fully saturated rings. The van der Waals surface area contributed by atoms with Gasteiger partial charge in [0.2, 0.25) is 0 Å². The summed E-state index contributed by atoms with van der Waals surface area (Å²) >= 11 is 0. The van der Waals surface area contributed by atoms with E-state index < -0.39 is 5.97 Å². The monoisotopic (exact) mass is 130 g/mol. The third-order valence-electron chi connectivity index (χ3n) is 0.556. The fourth-order valence-electron chi connectivity index (χ4n) is 0.250. The van der Waals surface area contributed by atoms with Crippen molar-refractivity contribution >= 4 is 29.0 Å². The van der Waals surface area contributed by atoms with Gasteiger partial charge in [-0.15, -0.1) is 0 Å². The molecule has 0 spiro atoms. The van der Waals surface area contributed by atoms with Crippen LogP contribution >= 0.6 is 0 Å². The summed E-state index contributed by atoms with van der Waals surface area (Å²) in [6.45, 7) is 1.83. The zero-order valence-corrected chi connectivity index (χ0v) is 6.30. The molecule has 0 heterocycles. The van der Waals surface area contributed by atoms with Crippen molar-refractivity contribution in [1.29, 1.82) is 0 Å². The second kappa shape index (κ2) is 7.20. The average molecular weight is 130 g/mol. The number of carbonyl (C=O) groups is 1. The van der Waals surface area contributed by atoms with Crippen LogP contribution in [0.1, 0.15) is 22.6 Å². The molecule has 8 heavy (non-hydrogen) atoms. The Labute approximate surface area is 67.1 Å². The van der Waals surface area contributed by atoms with Crippen LogP contribution in [0.25, 0.3) is 0 Å². The molecule has 0 aromatic heterocycles. The molecule has 0 aliphatic heterocycles. The van der Waals surface area contributed by atoms with Crippen molar-refractivity contribution in [2.24, 2.45) is 0 Å². The normalized spacial score (nSPS) is 7.25. The van der Waals surface area contributed by atoms with Gasteiger partial charge in [0.15, 0.2) is 0 Å². The van der Waals surface area contributed by atoms with Crippen molar-refractivity contribution in [2.75, 3.05) is 0 Å². The van der Waals surface area contributed by atoms with E-state index in [4.69, 9.17) is 5.26 Å². The van der Waals surface area contributed by atoms with Gasteiger partial charge in [-0.1, -0.05) is 6.92 Å². The number of hydrogen-bond donors (Lipinski definition) is 1. The van der Waals surface area contributed by atoms with Gasteiger partial charge in [-0.05, 0) is 6.42 Å². The number of rotatable bonds is 2. The Kier molecular flexibility index (Phi) is 9.94. The van der Waals surface area contributed by atoms with Gasteiger partial charge in [0.25, 0.3) is 0 Å².